The lowest BCUT2D eigenvalue weighted by Crippen LogP contribution is -2.01. The molecule has 0 aromatic heterocycles. The largest absolute Gasteiger partial charge is 0.507 e. The van der Waals surface area contributed by atoms with Gasteiger partial charge in [-0.25, -0.2) is 4.79 Å². The topological polar surface area (TPSA) is 81.3 Å². The average molecular weight is 212 g/mol. The van der Waals surface area contributed by atoms with Crippen LogP contribution in [0.25, 0.3) is 0 Å². The number of hydrogen-bond donors (Lipinski definition) is 2. The number of alkyl halides is 1. The minimum absolute atomic E-state index is 0.0897. The Kier molecular flexibility index (Phi) is 2.95. The summed E-state index contributed by atoms with van der Waals surface area (Å²) in [6.45, 7) is 0. The number of carbonyl (C=O) groups is 1. The molecule has 0 fully saturated rings. The fourth-order valence-electron chi connectivity index (χ4n) is 1.08. The van der Waals surface area contributed by atoms with Gasteiger partial charge in [0.25, 0.3) is 0 Å². The number of carboxylic acid groups (broad SMARTS) is 1. The summed E-state index contributed by atoms with van der Waals surface area (Å²) in [5, 5.41) is 26.7. The molecule has 0 saturated heterocycles. The highest BCUT2D eigenvalue weighted by atomic mass is 35.5. The molecular weight excluding hydrogens is 206 g/mol. The van der Waals surface area contributed by atoms with Gasteiger partial charge < -0.3 is 10.2 Å². The summed E-state index contributed by atoms with van der Waals surface area (Å²) < 4.78 is 0. The Balaban J connectivity index is 3.44. The molecule has 0 saturated carbocycles. The van der Waals surface area contributed by atoms with Crippen molar-refractivity contribution in [2.24, 2.45) is 0 Å². The Morgan fingerprint density at radius 3 is 2.64 bits per heavy atom. The Bertz CT molecular complexity index is 423. The Morgan fingerprint density at radius 1 is 1.57 bits per heavy atom. The van der Waals surface area contributed by atoms with Gasteiger partial charge in [0.2, 0.25) is 0 Å². The second kappa shape index (κ2) is 3.99. The quantitative estimate of drug-likeness (QED) is 0.730. The Morgan fingerprint density at radius 2 is 2.21 bits per heavy atom. The molecule has 0 aliphatic carbocycles. The number of carboxylic acids is 1. The van der Waals surface area contributed by atoms with Crippen molar-refractivity contribution < 1.29 is 15.0 Å². The van der Waals surface area contributed by atoms with Gasteiger partial charge in [-0.2, -0.15) is 5.26 Å². The molecule has 0 aliphatic rings. The van der Waals surface area contributed by atoms with Crippen molar-refractivity contribution in [2.45, 2.75) is 5.88 Å². The zero-order valence-corrected chi connectivity index (χ0v) is 7.75. The van der Waals surface area contributed by atoms with Crippen LogP contribution in [0.5, 0.6) is 5.75 Å². The summed E-state index contributed by atoms with van der Waals surface area (Å²) in [6, 6.07) is 4.27. The lowest BCUT2D eigenvalue weighted by molar-refractivity contribution is 0.0693. The van der Waals surface area contributed by atoms with E-state index in [1.807, 2.05) is 0 Å². The maximum atomic E-state index is 10.7. The van der Waals surface area contributed by atoms with Crippen LogP contribution >= 0.6 is 11.6 Å². The van der Waals surface area contributed by atoms with Crippen LogP contribution in [0.15, 0.2) is 12.1 Å². The second-order valence-corrected chi connectivity index (χ2v) is 2.86. The van der Waals surface area contributed by atoms with Gasteiger partial charge in [-0.3, -0.25) is 0 Å². The molecule has 72 valence electrons. The van der Waals surface area contributed by atoms with Crippen molar-refractivity contribution in [1.82, 2.24) is 0 Å². The van der Waals surface area contributed by atoms with Gasteiger partial charge in [-0.05, 0) is 17.7 Å². The second-order valence-electron chi connectivity index (χ2n) is 2.59. The minimum atomic E-state index is -1.33. The molecule has 14 heavy (non-hydrogen) atoms. The summed E-state index contributed by atoms with van der Waals surface area (Å²) in [6.07, 6.45) is 0. The molecule has 0 atom stereocenters. The molecule has 0 radical (unpaired) electrons. The summed E-state index contributed by atoms with van der Waals surface area (Å²) in [4.78, 5) is 10.7. The Hall–Kier alpha value is -1.73. The fourth-order valence-corrected chi connectivity index (χ4v) is 1.23. The summed E-state index contributed by atoms with van der Waals surface area (Å²) in [5.41, 5.74) is 0.0280. The van der Waals surface area contributed by atoms with E-state index in [-0.39, 0.29) is 17.0 Å². The van der Waals surface area contributed by atoms with Crippen molar-refractivity contribution in [3.05, 3.63) is 28.8 Å². The zero-order chi connectivity index (χ0) is 10.7. The third kappa shape index (κ3) is 1.78. The van der Waals surface area contributed by atoms with Gasteiger partial charge in [-0.1, -0.05) is 0 Å². The van der Waals surface area contributed by atoms with Crippen LogP contribution in [0.4, 0.5) is 0 Å². The van der Waals surface area contributed by atoms with Crippen LogP contribution in [0.2, 0.25) is 0 Å². The van der Waals surface area contributed by atoms with E-state index in [4.69, 9.17) is 22.0 Å². The third-order valence-electron chi connectivity index (χ3n) is 1.67. The predicted molar refractivity (Wildman–Crippen MR) is 49.3 cm³/mol. The van der Waals surface area contributed by atoms with E-state index in [0.29, 0.717) is 5.56 Å². The molecule has 1 rings (SSSR count). The van der Waals surface area contributed by atoms with Crippen LogP contribution in [0, 0.1) is 11.3 Å². The van der Waals surface area contributed by atoms with E-state index in [1.165, 1.54) is 12.1 Å². The number of nitriles is 1. The van der Waals surface area contributed by atoms with Crippen molar-refractivity contribution in [2.75, 3.05) is 0 Å². The normalized spacial score (nSPS) is 9.43. The highest BCUT2D eigenvalue weighted by molar-refractivity contribution is 6.17. The first kappa shape index (κ1) is 10.4. The first-order valence-electron chi connectivity index (χ1n) is 3.65. The maximum Gasteiger partial charge on any atom is 0.340 e. The predicted octanol–water partition coefficient (Wildman–Crippen LogP) is 1.70. The monoisotopic (exact) mass is 211 g/mol. The number of nitrogens with zero attached hydrogens (tertiary/aromatic N) is 1. The molecule has 1 aromatic rings. The molecular formula is C9H6ClNO3. The third-order valence-corrected chi connectivity index (χ3v) is 1.97. The van der Waals surface area contributed by atoms with Crippen LogP contribution in [0.3, 0.4) is 0 Å². The minimum Gasteiger partial charge on any atom is -0.507 e. The summed E-state index contributed by atoms with van der Waals surface area (Å²) in [7, 11) is 0. The van der Waals surface area contributed by atoms with Crippen LogP contribution in [0.1, 0.15) is 21.5 Å². The van der Waals surface area contributed by atoms with Crippen LogP contribution in [-0.2, 0) is 5.88 Å². The van der Waals surface area contributed by atoms with E-state index < -0.39 is 11.7 Å². The lowest BCUT2D eigenvalue weighted by Gasteiger charge is -2.03. The van der Waals surface area contributed by atoms with Gasteiger partial charge in [0.05, 0.1) is 5.56 Å². The number of hydrogen-bond acceptors (Lipinski definition) is 3. The molecule has 0 bridgehead atoms. The molecule has 4 nitrogen and oxygen atoms in total. The molecule has 0 unspecified atom stereocenters. The molecule has 0 aliphatic heterocycles. The van der Waals surface area contributed by atoms with Gasteiger partial charge in [-0.15, -0.1) is 11.6 Å². The molecule has 5 heteroatoms. The molecule has 2 N–H and O–H groups in total. The van der Waals surface area contributed by atoms with Crippen LogP contribution in [-0.4, -0.2) is 16.2 Å². The number of benzene rings is 1. The van der Waals surface area contributed by atoms with E-state index >= 15 is 0 Å². The van der Waals surface area contributed by atoms with Crippen LogP contribution < -0.4 is 0 Å². The summed E-state index contributed by atoms with van der Waals surface area (Å²) >= 11 is 5.49. The molecule has 1 aromatic carbocycles. The number of aromatic hydroxyl groups is 1. The van der Waals surface area contributed by atoms with Gasteiger partial charge in [0.15, 0.2) is 0 Å². The number of phenols is 1. The van der Waals surface area contributed by atoms with E-state index in [9.17, 15) is 9.90 Å². The highest BCUT2D eigenvalue weighted by Gasteiger charge is 2.16. The first-order chi connectivity index (χ1) is 6.60. The van der Waals surface area contributed by atoms with E-state index in [2.05, 4.69) is 0 Å². The molecule has 0 amide bonds. The lowest BCUT2D eigenvalue weighted by atomic mass is 10.0. The van der Waals surface area contributed by atoms with E-state index in [0.717, 1.165) is 0 Å². The average Bonchev–Trinajstić information content (AvgIpc) is 2.15. The Labute approximate surface area is 85.0 Å². The first-order valence-corrected chi connectivity index (χ1v) is 4.18. The number of rotatable bonds is 2. The SMILES string of the molecule is N#Cc1cc(CCl)cc(O)c1C(=O)O. The fraction of sp³-hybridized carbons (Fsp3) is 0.111. The number of aromatic carboxylic acids is 1. The smallest absolute Gasteiger partial charge is 0.340 e. The number of halogens is 1. The van der Waals surface area contributed by atoms with Crippen molar-refractivity contribution in [1.29, 1.82) is 5.26 Å². The van der Waals surface area contributed by atoms with Gasteiger partial charge >= 0.3 is 5.97 Å². The van der Waals surface area contributed by atoms with Crippen molar-refractivity contribution >= 4 is 17.6 Å². The van der Waals surface area contributed by atoms with Gasteiger partial charge in [0.1, 0.15) is 17.4 Å². The molecule has 0 spiro atoms. The van der Waals surface area contributed by atoms with Crippen molar-refractivity contribution in [3.8, 4) is 11.8 Å². The highest BCUT2D eigenvalue weighted by Crippen LogP contribution is 2.24. The van der Waals surface area contributed by atoms with Gasteiger partial charge in [0, 0.05) is 5.88 Å². The zero-order valence-electron chi connectivity index (χ0n) is 6.99. The van der Waals surface area contributed by atoms with E-state index in [1.54, 1.807) is 6.07 Å². The maximum absolute atomic E-state index is 10.7. The standard InChI is InChI=1S/C9H6ClNO3/c10-3-5-1-6(4-11)8(9(13)14)7(12)2-5/h1-2,12H,3H2,(H,13,14). The molecule has 0 heterocycles. The van der Waals surface area contributed by atoms with Crippen molar-refractivity contribution in [3.63, 3.8) is 0 Å². The summed E-state index contributed by atoms with van der Waals surface area (Å²) in [5.74, 6) is -1.66.